The zero-order chi connectivity index (χ0) is 16.9. The highest BCUT2D eigenvalue weighted by Gasteiger charge is 2.13. The number of aliphatic imine (C=N–C) groups is 1. The lowest BCUT2D eigenvalue weighted by Crippen LogP contribution is -2.36. The molecule has 0 atom stereocenters. The van der Waals surface area contributed by atoms with Crippen molar-refractivity contribution >= 4 is 23.0 Å². The van der Waals surface area contributed by atoms with Gasteiger partial charge in [-0.25, -0.2) is 0 Å². The van der Waals surface area contributed by atoms with Crippen molar-refractivity contribution in [1.29, 1.82) is 0 Å². The summed E-state index contributed by atoms with van der Waals surface area (Å²) in [6.07, 6.45) is 2.42. The SMILES string of the molecule is CN=C(NCc1ccc2c(c1)CCCN2C)NCc1ccc(C)s1. The minimum Gasteiger partial charge on any atom is -0.374 e. The molecule has 0 saturated carbocycles. The average molecular weight is 343 g/mol. The summed E-state index contributed by atoms with van der Waals surface area (Å²) >= 11 is 1.82. The number of nitrogens with zero attached hydrogens (tertiary/aromatic N) is 2. The highest BCUT2D eigenvalue weighted by Crippen LogP contribution is 2.26. The molecule has 4 nitrogen and oxygen atoms in total. The van der Waals surface area contributed by atoms with Crippen LogP contribution in [-0.4, -0.2) is 26.6 Å². The molecule has 0 bridgehead atoms. The van der Waals surface area contributed by atoms with Crippen LogP contribution in [0.5, 0.6) is 0 Å². The second kappa shape index (κ2) is 7.71. The van der Waals surface area contributed by atoms with Crippen molar-refractivity contribution in [2.75, 3.05) is 25.5 Å². The number of thiophene rings is 1. The molecule has 0 aliphatic carbocycles. The fourth-order valence-electron chi connectivity index (χ4n) is 3.11. The van der Waals surface area contributed by atoms with E-state index in [0.29, 0.717) is 0 Å². The van der Waals surface area contributed by atoms with E-state index in [1.54, 1.807) is 0 Å². The fraction of sp³-hybridized carbons (Fsp3) is 0.421. The molecule has 1 aromatic heterocycles. The minimum atomic E-state index is 0.792. The fourth-order valence-corrected chi connectivity index (χ4v) is 3.94. The highest BCUT2D eigenvalue weighted by molar-refractivity contribution is 7.11. The van der Waals surface area contributed by atoms with Crippen LogP contribution in [0.1, 0.15) is 27.3 Å². The van der Waals surface area contributed by atoms with Crippen molar-refractivity contribution in [2.45, 2.75) is 32.9 Å². The summed E-state index contributed by atoms with van der Waals surface area (Å²) in [6, 6.07) is 11.1. The Labute approximate surface area is 148 Å². The number of nitrogens with one attached hydrogen (secondary N) is 2. The standard InChI is InChI=1S/C19H26N4S/c1-14-6-8-17(24-14)13-22-19(20-2)21-12-15-7-9-18-16(11-15)5-4-10-23(18)3/h6-9,11H,4-5,10,12-13H2,1-3H3,(H2,20,21,22). The Kier molecular flexibility index (Phi) is 5.41. The maximum atomic E-state index is 4.32. The zero-order valence-corrected chi connectivity index (χ0v) is 15.5. The molecular weight excluding hydrogens is 316 g/mol. The van der Waals surface area contributed by atoms with Gasteiger partial charge in [-0.3, -0.25) is 4.99 Å². The Morgan fingerprint density at radius 1 is 1.21 bits per heavy atom. The number of guanidine groups is 1. The smallest absolute Gasteiger partial charge is 0.191 e. The number of aryl methyl sites for hydroxylation is 2. The first-order valence-corrected chi connectivity index (χ1v) is 9.30. The van der Waals surface area contributed by atoms with Crippen molar-refractivity contribution in [2.24, 2.45) is 4.99 Å². The van der Waals surface area contributed by atoms with Gasteiger partial charge in [0.25, 0.3) is 0 Å². The third-order valence-electron chi connectivity index (χ3n) is 4.40. The quantitative estimate of drug-likeness (QED) is 0.661. The van der Waals surface area contributed by atoms with Gasteiger partial charge in [0, 0.05) is 42.6 Å². The van der Waals surface area contributed by atoms with Crippen LogP contribution in [0.3, 0.4) is 0 Å². The third-order valence-corrected chi connectivity index (χ3v) is 5.41. The Balaban J connectivity index is 1.55. The van der Waals surface area contributed by atoms with Crippen LogP contribution < -0.4 is 15.5 Å². The molecular formula is C19H26N4S. The second-order valence-electron chi connectivity index (χ2n) is 6.28. The molecule has 24 heavy (non-hydrogen) atoms. The number of hydrogen-bond donors (Lipinski definition) is 2. The largest absolute Gasteiger partial charge is 0.374 e. The summed E-state index contributed by atoms with van der Waals surface area (Å²) in [7, 11) is 3.99. The maximum absolute atomic E-state index is 4.32. The van der Waals surface area contributed by atoms with Crippen molar-refractivity contribution in [1.82, 2.24) is 10.6 Å². The Bertz CT molecular complexity index is 720. The molecule has 0 amide bonds. The predicted octanol–water partition coefficient (Wildman–Crippen LogP) is 3.30. The van der Waals surface area contributed by atoms with Crippen LogP contribution in [-0.2, 0) is 19.5 Å². The van der Waals surface area contributed by atoms with Crippen molar-refractivity contribution in [3.05, 3.63) is 51.2 Å². The van der Waals surface area contributed by atoms with E-state index in [9.17, 15) is 0 Å². The number of hydrogen-bond acceptors (Lipinski definition) is 3. The van der Waals surface area contributed by atoms with E-state index < -0.39 is 0 Å². The second-order valence-corrected chi connectivity index (χ2v) is 7.65. The van der Waals surface area contributed by atoms with E-state index in [1.165, 1.54) is 39.4 Å². The number of anilines is 1. The van der Waals surface area contributed by atoms with Gasteiger partial charge in [0.05, 0.1) is 6.54 Å². The van der Waals surface area contributed by atoms with Crippen LogP contribution in [0, 0.1) is 6.92 Å². The van der Waals surface area contributed by atoms with E-state index in [0.717, 1.165) is 25.6 Å². The number of fused-ring (bicyclic) bond motifs is 1. The van der Waals surface area contributed by atoms with Crippen LogP contribution in [0.2, 0.25) is 0 Å². The molecule has 0 saturated heterocycles. The Hall–Kier alpha value is -2.01. The van der Waals surface area contributed by atoms with E-state index in [4.69, 9.17) is 0 Å². The first kappa shape index (κ1) is 16.8. The Morgan fingerprint density at radius 2 is 2.04 bits per heavy atom. The summed E-state index contributed by atoms with van der Waals surface area (Å²) in [5, 5.41) is 6.79. The van der Waals surface area contributed by atoms with Crippen LogP contribution in [0.15, 0.2) is 35.3 Å². The molecule has 0 fully saturated rings. The lowest BCUT2D eigenvalue weighted by molar-refractivity contribution is 0.740. The number of rotatable bonds is 4. The van der Waals surface area contributed by atoms with Crippen LogP contribution in [0.25, 0.3) is 0 Å². The molecule has 1 aliphatic heterocycles. The zero-order valence-electron chi connectivity index (χ0n) is 14.7. The molecule has 1 aliphatic rings. The minimum absolute atomic E-state index is 0.792. The summed E-state index contributed by atoms with van der Waals surface area (Å²) in [5.41, 5.74) is 4.14. The lowest BCUT2D eigenvalue weighted by atomic mass is 9.99. The van der Waals surface area contributed by atoms with E-state index in [-0.39, 0.29) is 0 Å². The number of benzene rings is 1. The molecule has 2 N–H and O–H groups in total. The summed E-state index contributed by atoms with van der Waals surface area (Å²) in [5.74, 6) is 0.843. The van der Waals surface area contributed by atoms with Gasteiger partial charge < -0.3 is 15.5 Å². The van der Waals surface area contributed by atoms with Gasteiger partial charge in [-0.15, -0.1) is 11.3 Å². The van der Waals surface area contributed by atoms with Crippen molar-refractivity contribution in [3.63, 3.8) is 0 Å². The summed E-state index contributed by atoms with van der Waals surface area (Å²) < 4.78 is 0. The van der Waals surface area contributed by atoms with E-state index in [1.807, 2.05) is 18.4 Å². The van der Waals surface area contributed by atoms with Crippen LogP contribution >= 0.6 is 11.3 Å². The molecule has 128 valence electrons. The van der Waals surface area contributed by atoms with Crippen LogP contribution in [0.4, 0.5) is 5.69 Å². The molecule has 0 spiro atoms. The van der Waals surface area contributed by atoms with E-state index in [2.05, 4.69) is 64.8 Å². The third kappa shape index (κ3) is 4.09. The molecule has 2 heterocycles. The van der Waals surface area contributed by atoms with Crippen molar-refractivity contribution < 1.29 is 0 Å². The Morgan fingerprint density at radius 3 is 2.79 bits per heavy atom. The lowest BCUT2D eigenvalue weighted by Gasteiger charge is -2.28. The van der Waals surface area contributed by atoms with Gasteiger partial charge in [0.15, 0.2) is 5.96 Å². The van der Waals surface area contributed by atoms with Gasteiger partial charge in [0.2, 0.25) is 0 Å². The molecule has 2 aromatic rings. The normalized spacial score (nSPS) is 14.5. The first-order valence-electron chi connectivity index (χ1n) is 8.48. The molecule has 0 radical (unpaired) electrons. The topological polar surface area (TPSA) is 39.7 Å². The van der Waals surface area contributed by atoms with Gasteiger partial charge in [-0.2, -0.15) is 0 Å². The van der Waals surface area contributed by atoms with Gasteiger partial charge in [-0.1, -0.05) is 12.1 Å². The first-order chi connectivity index (χ1) is 11.7. The van der Waals surface area contributed by atoms with Crippen molar-refractivity contribution in [3.8, 4) is 0 Å². The summed E-state index contributed by atoms with van der Waals surface area (Å²) in [6.45, 7) is 4.89. The van der Waals surface area contributed by atoms with Gasteiger partial charge >= 0.3 is 0 Å². The molecule has 5 heteroatoms. The molecule has 3 rings (SSSR count). The predicted molar refractivity (Wildman–Crippen MR) is 104 cm³/mol. The summed E-state index contributed by atoms with van der Waals surface area (Å²) in [4.78, 5) is 9.33. The molecule has 1 aromatic carbocycles. The maximum Gasteiger partial charge on any atom is 0.191 e. The van der Waals surface area contributed by atoms with Gasteiger partial charge in [0.1, 0.15) is 0 Å². The van der Waals surface area contributed by atoms with E-state index >= 15 is 0 Å². The van der Waals surface area contributed by atoms with Gasteiger partial charge in [-0.05, 0) is 49.1 Å². The average Bonchev–Trinajstić information content (AvgIpc) is 3.00. The monoisotopic (exact) mass is 342 g/mol. The molecule has 0 unspecified atom stereocenters. The highest BCUT2D eigenvalue weighted by atomic mass is 32.1.